The lowest BCUT2D eigenvalue weighted by atomic mass is 9.92. The lowest BCUT2D eigenvalue weighted by Gasteiger charge is -2.18. The molecule has 0 bridgehead atoms. The van der Waals surface area contributed by atoms with Gasteiger partial charge in [0.15, 0.2) is 0 Å². The monoisotopic (exact) mass is 185 g/mol. The average Bonchev–Trinajstić information content (AvgIpc) is 2.12. The summed E-state index contributed by atoms with van der Waals surface area (Å²) in [6.45, 7) is 5.16. The van der Waals surface area contributed by atoms with Crippen LogP contribution in [0, 0.1) is 5.41 Å². The molecule has 74 valence electrons. The molecule has 1 atom stereocenters. The van der Waals surface area contributed by atoms with Crippen LogP contribution in [0.15, 0.2) is 0 Å². The molecule has 0 aromatic rings. The van der Waals surface area contributed by atoms with Gasteiger partial charge < -0.3 is 5.11 Å². The van der Waals surface area contributed by atoms with E-state index in [0.29, 0.717) is 0 Å². The lowest BCUT2D eigenvalue weighted by Crippen LogP contribution is -2.37. The first-order chi connectivity index (χ1) is 5.84. The van der Waals surface area contributed by atoms with E-state index in [9.17, 15) is 9.59 Å². The second-order valence-electron chi connectivity index (χ2n) is 4.22. The number of hydrogen-bond acceptors (Lipinski definition) is 3. The van der Waals surface area contributed by atoms with Crippen molar-refractivity contribution < 1.29 is 14.7 Å². The Labute approximate surface area is 77.5 Å². The van der Waals surface area contributed by atoms with E-state index in [2.05, 4.69) is 0 Å². The Kier molecular flexibility index (Phi) is 2.43. The number of rotatable bonds is 2. The lowest BCUT2D eigenvalue weighted by molar-refractivity contribution is -0.142. The van der Waals surface area contributed by atoms with E-state index >= 15 is 0 Å². The highest BCUT2D eigenvalue weighted by atomic mass is 16.3. The summed E-state index contributed by atoms with van der Waals surface area (Å²) < 4.78 is 0. The smallest absolute Gasteiger partial charge is 0.235 e. The van der Waals surface area contributed by atoms with E-state index in [1.807, 2.05) is 0 Å². The summed E-state index contributed by atoms with van der Waals surface area (Å²) in [7, 11) is 0. The maximum Gasteiger partial charge on any atom is 0.235 e. The third kappa shape index (κ3) is 1.88. The van der Waals surface area contributed by atoms with Gasteiger partial charge in [0.05, 0.1) is 18.1 Å². The molecule has 2 amide bonds. The van der Waals surface area contributed by atoms with Gasteiger partial charge in [-0.2, -0.15) is 0 Å². The van der Waals surface area contributed by atoms with E-state index in [0.717, 1.165) is 4.90 Å². The summed E-state index contributed by atoms with van der Waals surface area (Å²) in [6.07, 6.45) is -0.403. The minimum absolute atomic E-state index is 0.112. The SMILES string of the molecule is C[C@H](O)CN1C(=O)CC(C)(C)C1=O. The third-order valence-corrected chi connectivity index (χ3v) is 2.17. The summed E-state index contributed by atoms with van der Waals surface area (Å²) >= 11 is 0. The van der Waals surface area contributed by atoms with Crippen molar-refractivity contribution in [1.29, 1.82) is 0 Å². The maximum absolute atomic E-state index is 11.6. The van der Waals surface area contributed by atoms with Crippen molar-refractivity contribution in [2.24, 2.45) is 5.41 Å². The molecule has 1 aliphatic heterocycles. The molecule has 0 unspecified atom stereocenters. The van der Waals surface area contributed by atoms with E-state index in [-0.39, 0.29) is 24.8 Å². The predicted molar refractivity (Wildman–Crippen MR) is 46.8 cm³/mol. The van der Waals surface area contributed by atoms with Gasteiger partial charge >= 0.3 is 0 Å². The molecule has 1 rings (SSSR count). The van der Waals surface area contributed by atoms with Crippen LogP contribution in [-0.4, -0.2) is 34.5 Å². The van der Waals surface area contributed by atoms with Crippen LogP contribution in [0.1, 0.15) is 27.2 Å². The van der Waals surface area contributed by atoms with Crippen LogP contribution in [-0.2, 0) is 9.59 Å². The molecule has 0 radical (unpaired) electrons. The Hall–Kier alpha value is -0.900. The Balaban J connectivity index is 2.77. The first-order valence-electron chi connectivity index (χ1n) is 4.37. The van der Waals surface area contributed by atoms with Crippen LogP contribution in [0.3, 0.4) is 0 Å². The molecule has 1 aliphatic rings. The Morgan fingerprint density at radius 3 is 2.38 bits per heavy atom. The molecule has 0 aromatic carbocycles. The van der Waals surface area contributed by atoms with Gasteiger partial charge in [0.1, 0.15) is 0 Å². The zero-order chi connectivity index (χ0) is 10.2. The van der Waals surface area contributed by atoms with Crippen LogP contribution in [0.5, 0.6) is 0 Å². The van der Waals surface area contributed by atoms with Gasteiger partial charge in [-0.25, -0.2) is 0 Å². The summed E-state index contributed by atoms with van der Waals surface area (Å²) in [5.41, 5.74) is -0.591. The van der Waals surface area contributed by atoms with Crippen molar-refractivity contribution in [3.8, 4) is 0 Å². The minimum atomic E-state index is -0.651. The van der Waals surface area contributed by atoms with Crippen molar-refractivity contribution in [1.82, 2.24) is 4.90 Å². The normalized spacial score (nSPS) is 23.8. The predicted octanol–water partition coefficient (Wildman–Crippen LogP) is 0.152. The molecule has 1 fully saturated rings. The van der Waals surface area contributed by atoms with Crippen LogP contribution < -0.4 is 0 Å². The third-order valence-electron chi connectivity index (χ3n) is 2.17. The first kappa shape index (κ1) is 10.2. The number of aliphatic hydroxyl groups is 1. The van der Waals surface area contributed by atoms with E-state index in [1.54, 1.807) is 20.8 Å². The number of nitrogens with zero attached hydrogens (tertiary/aromatic N) is 1. The van der Waals surface area contributed by atoms with Gasteiger partial charge in [0.25, 0.3) is 0 Å². The maximum atomic E-state index is 11.6. The molecule has 0 aliphatic carbocycles. The van der Waals surface area contributed by atoms with Crippen molar-refractivity contribution in [2.45, 2.75) is 33.3 Å². The highest BCUT2D eigenvalue weighted by Gasteiger charge is 2.44. The number of hydrogen-bond donors (Lipinski definition) is 1. The van der Waals surface area contributed by atoms with Crippen molar-refractivity contribution >= 4 is 11.8 Å². The second kappa shape index (κ2) is 3.10. The Morgan fingerprint density at radius 1 is 1.54 bits per heavy atom. The molecule has 1 N–H and O–H groups in total. The van der Waals surface area contributed by atoms with Crippen LogP contribution in [0.25, 0.3) is 0 Å². The largest absolute Gasteiger partial charge is 0.392 e. The van der Waals surface area contributed by atoms with Gasteiger partial charge in [-0.15, -0.1) is 0 Å². The summed E-state index contributed by atoms with van der Waals surface area (Å²) in [4.78, 5) is 24.0. The number of carbonyl (C=O) groups is 2. The van der Waals surface area contributed by atoms with E-state index in [4.69, 9.17) is 5.11 Å². The molecule has 1 heterocycles. The van der Waals surface area contributed by atoms with Crippen molar-refractivity contribution in [2.75, 3.05) is 6.54 Å². The highest BCUT2D eigenvalue weighted by Crippen LogP contribution is 2.31. The first-order valence-corrected chi connectivity index (χ1v) is 4.37. The standard InChI is InChI=1S/C9H15NO3/c1-6(11)5-10-7(12)4-9(2,3)8(10)13/h6,11H,4-5H2,1-3H3/t6-/m0/s1. The van der Waals surface area contributed by atoms with Crippen LogP contribution >= 0.6 is 0 Å². The average molecular weight is 185 g/mol. The summed E-state index contributed by atoms with van der Waals surface area (Å²) in [5.74, 6) is -0.366. The zero-order valence-corrected chi connectivity index (χ0v) is 8.20. The van der Waals surface area contributed by atoms with Gasteiger partial charge in [0.2, 0.25) is 11.8 Å². The molecular formula is C9H15NO3. The topological polar surface area (TPSA) is 57.6 Å². The molecular weight excluding hydrogens is 170 g/mol. The molecule has 0 spiro atoms. The van der Waals surface area contributed by atoms with Gasteiger partial charge in [-0.1, -0.05) is 13.8 Å². The zero-order valence-electron chi connectivity index (χ0n) is 8.20. The highest BCUT2D eigenvalue weighted by molar-refractivity contribution is 6.05. The number of carbonyl (C=O) groups excluding carboxylic acids is 2. The van der Waals surface area contributed by atoms with E-state index in [1.165, 1.54) is 0 Å². The second-order valence-corrected chi connectivity index (χ2v) is 4.22. The number of likely N-dealkylation sites (tertiary alicyclic amines) is 1. The molecule has 13 heavy (non-hydrogen) atoms. The van der Waals surface area contributed by atoms with Gasteiger partial charge in [-0.05, 0) is 6.92 Å². The van der Waals surface area contributed by atoms with Crippen LogP contribution in [0.4, 0.5) is 0 Å². The fourth-order valence-electron chi connectivity index (χ4n) is 1.48. The number of β-amino-alcohol motifs (C(OH)–C–C–N with tert-alkyl or cyclic N) is 1. The van der Waals surface area contributed by atoms with Crippen molar-refractivity contribution in [3.63, 3.8) is 0 Å². The number of amides is 2. The molecule has 1 saturated heterocycles. The summed E-state index contributed by atoms with van der Waals surface area (Å²) in [5, 5.41) is 9.07. The summed E-state index contributed by atoms with van der Waals surface area (Å²) in [6, 6.07) is 0. The molecule has 0 saturated carbocycles. The van der Waals surface area contributed by atoms with Crippen LogP contribution in [0.2, 0.25) is 0 Å². The van der Waals surface area contributed by atoms with E-state index < -0.39 is 11.5 Å². The Morgan fingerprint density at radius 2 is 2.08 bits per heavy atom. The van der Waals surface area contributed by atoms with Gasteiger partial charge in [0, 0.05) is 6.42 Å². The Bertz CT molecular complexity index is 245. The molecule has 4 heteroatoms. The van der Waals surface area contributed by atoms with Gasteiger partial charge in [-0.3, -0.25) is 14.5 Å². The molecule has 0 aromatic heterocycles. The minimum Gasteiger partial charge on any atom is -0.392 e. The fourth-order valence-corrected chi connectivity index (χ4v) is 1.48. The quantitative estimate of drug-likeness (QED) is 0.623. The number of imide groups is 1. The molecule has 4 nitrogen and oxygen atoms in total. The number of aliphatic hydroxyl groups excluding tert-OH is 1. The fraction of sp³-hybridized carbons (Fsp3) is 0.778. The van der Waals surface area contributed by atoms with Crippen molar-refractivity contribution in [3.05, 3.63) is 0 Å².